The molecule has 1 aromatic heterocycles. The highest BCUT2D eigenvalue weighted by atomic mass is 16.3. The van der Waals surface area contributed by atoms with Crippen molar-refractivity contribution in [2.24, 2.45) is 0 Å². The van der Waals surface area contributed by atoms with E-state index in [0.29, 0.717) is 11.8 Å². The van der Waals surface area contributed by atoms with Crippen LogP contribution in [0, 0.1) is 0 Å². The van der Waals surface area contributed by atoms with Gasteiger partial charge >= 0.3 is 0 Å². The Hall–Kier alpha value is -1.48. The maximum Gasteiger partial charge on any atom is 0.139 e. The van der Waals surface area contributed by atoms with E-state index in [-0.39, 0.29) is 0 Å². The second kappa shape index (κ2) is 4.80. The van der Waals surface area contributed by atoms with E-state index >= 15 is 0 Å². The van der Waals surface area contributed by atoms with Gasteiger partial charge in [0.1, 0.15) is 5.75 Å². The lowest BCUT2D eigenvalue weighted by Gasteiger charge is -2.13. The highest BCUT2D eigenvalue weighted by Gasteiger charge is 2.12. The lowest BCUT2D eigenvalue weighted by molar-refractivity contribution is 0.477. The number of phenols is 1. The number of phenolic OH excluding ortho intramolecular Hbond substituents is 1. The van der Waals surface area contributed by atoms with Crippen LogP contribution in [-0.4, -0.2) is 22.8 Å². The summed E-state index contributed by atoms with van der Waals surface area (Å²) in [6.07, 6.45) is 0.971. The van der Waals surface area contributed by atoms with E-state index < -0.39 is 0 Å². The summed E-state index contributed by atoms with van der Waals surface area (Å²) in [5.41, 5.74) is 2.22. The number of fused-ring (bicyclic) bond motifs is 1. The van der Waals surface area contributed by atoms with E-state index in [1.54, 1.807) is 6.07 Å². The molecule has 1 heterocycles. The van der Waals surface area contributed by atoms with Crippen molar-refractivity contribution in [3.8, 4) is 5.75 Å². The summed E-state index contributed by atoms with van der Waals surface area (Å²) < 4.78 is 2.19. The van der Waals surface area contributed by atoms with Gasteiger partial charge in [-0.25, -0.2) is 0 Å². The van der Waals surface area contributed by atoms with Crippen molar-refractivity contribution < 1.29 is 5.11 Å². The first kappa shape index (κ1) is 12.0. The van der Waals surface area contributed by atoms with Crippen molar-refractivity contribution in [3.63, 3.8) is 0 Å². The molecular weight excluding hydrogens is 212 g/mol. The molecule has 2 aromatic rings. The van der Waals surface area contributed by atoms with Crippen LogP contribution in [0.5, 0.6) is 5.75 Å². The first-order chi connectivity index (χ1) is 8.17. The smallest absolute Gasteiger partial charge is 0.139 e. The minimum absolute atomic E-state index is 0.368. The molecule has 1 aromatic carbocycles. The summed E-state index contributed by atoms with van der Waals surface area (Å²) in [4.78, 5) is 0. The molecule has 2 N–H and O–H groups in total. The van der Waals surface area contributed by atoms with E-state index in [1.807, 2.05) is 13.1 Å². The van der Waals surface area contributed by atoms with Crippen LogP contribution < -0.4 is 5.32 Å². The number of rotatable bonds is 4. The third-order valence-electron chi connectivity index (χ3n) is 3.31. The van der Waals surface area contributed by atoms with Gasteiger partial charge in [0.25, 0.3) is 0 Å². The molecule has 1 atom stereocenters. The van der Waals surface area contributed by atoms with Gasteiger partial charge in [0, 0.05) is 30.1 Å². The molecule has 2 rings (SSSR count). The minimum Gasteiger partial charge on any atom is -0.506 e. The van der Waals surface area contributed by atoms with E-state index in [1.165, 1.54) is 5.69 Å². The molecule has 0 saturated heterocycles. The second-order valence-corrected chi connectivity index (χ2v) is 4.49. The highest BCUT2D eigenvalue weighted by molar-refractivity contribution is 5.86. The van der Waals surface area contributed by atoms with Crippen molar-refractivity contribution in [2.45, 2.75) is 32.9 Å². The topological polar surface area (TPSA) is 37.2 Å². The van der Waals surface area contributed by atoms with Gasteiger partial charge in [-0.2, -0.15) is 0 Å². The number of benzene rings is 1. The maximum atomic E-state index is 9.95. The molecule has 92 valence electrons. The Kier molecular flexibility index (Phi) is 3.38. The number of aromatic hydroxyl groups is 1. The quantitative estimate of drug-likeness (QED) is 0.850. The largest absolute Gasteiger partial charge is 0.506 e. The van der Waals surface area contributed by atoms with Crippen molar-refractivity contribution in [2.75, 3.05) is 7.05 Å². The summed E-state index contributed by atoms with van der Waals surface area (Å²) in [5, 5.41) is 14.3. The zero-order valence-corrected chi connectivity index (χ0v) is 10.7. The van der Waals surface area contributed by atoms with Crippen LogP contribution in [0.25, 0.3) is 10.9 Å². The molecule has 0 radical (unpaired) electrons. The second-order valence-electron chi connectivity index (χ2n) is 4.49. The van der Waals surface area contributed by atoms with E-state index in [4.69, 9.17) is 0 Å². The van der Waals surface area contributed by atoms with E-state index in [9.17, 15) is 5.11 Å². The zero-order valence-electron chi connectivity index (χ0n) is 10.7. The van der Waals surface area contributed by atoms with Crippen LogP contribution in [0.2, 0.25) is 0 Å². The number of para-hydroxylation sites is 1. The number of hydrogen-bond acceptors (Lipinski definition) is 2. The third kappa shape index (κ3) is 2.15. The lowest BCUT2D eigenvalue weighted by Crippen LogP contribution is -2.24. The molecule has 0 aliphatic heterocycles. The summed E-state index contributed by atoms with van der Waals surface area (Å²) >= 11 is 0. The number of aromatic nitrogens is 1. The SMILES string of the molecule is CCn1c(CC(C)NC)cc2cccc(O)c21. The van der Waals surface area contributed by atoms with Gasteiger partial charge in [0.05, 0.1) is 5.52 Å². The van der Waals surface area contributed by atoms with Gasteiger partial charge in [0.2, 0.25) is 0 Å². The summed E-state index contributed by atoms with van der Waals surface area (Å²) in [6.45, 7) is 5.16. The van der Waals surface area contributed by atoms with Crippen LogP contribution in [0.1, 0.15) is 19.5 Å². The van der Waals surface area contributed by atoms with Gasteiger partial charge in [-0.05, 0) is 33.0 Å². The summed E-state index contributed by atoms with van der Waals surface area (Å²) in [7, 11) is 1.97. The predicted octanol–water partition coefficient (Wildman–Crippen LogP) is 2.52. The Morgan fingerprint density at radius 2 is 2.18 bits per heavy atom. The number of nitrogens with zero attached hydrogens (tertiary/aromatic N) is 1. The van der Waals surface area contributed by atoms with Gasteiger partial charge in [-0.3, -0.25) is 0 Å². The Balaban J connectivity index is 2.53. The van der Waals surface area contributed by atoms with Gasteiger partial charge in [-0.15, -0.1) is 0 Å². The fourth-order valence-electron chi connectivity index (χ4n) is 2.31. The van der Waals surface area contributed by atoms with Crippen LogP contribution in [0.3, 0.4) is 0 Å². The van der Waals surface area contributed by atoms with Crippen molar-refractivity contribution in [1.29, 1.82) is 0 Å². The summed E-state index contributed by atoms with van der Waals surface area (Å²) in [5.74, 6) is 0.368. The number of aryl methyl sites for hydroxylation is 1. The van der Waals surface area contributed by atoms with Crippen LogP contribution >= 0.6 is 0 Å². The van der Waals surface area contributed by atoms with Gasteiger partial charge < -0.3 is 15.0 Å². The standard InChI is InChI=1S/C14H20N2O/c1-4-16-12(8-10(2)15-3)9-11-6-5-7-13(17)14(11)16/h5-7,9-10,15,17H,4,8H2,1-3H3. The van der Waals surface area contributed by atoms with Gasteiger partial charge in [0.15, 0.2) is 0 Å². The molecule has 1 unspecified atom stereocenters. The molecule has 3 nitrogen and oxygen atoms in total. The Morgan fingerprint density at radius 3 is 2.82 bits per heavy atom. The average Bonchev–Trinajstić information content (AvgIpc) is 2.67. The van der Waals surface area contributed by atoms with Crippen molar-refractivity contribution in [1.82, 2.24) is 9.88 Å². The molecule has 0 spiro atoms. The van der Waals surface area contributed by atoms with Crippen molar-refractivity contribution in [3.05, 3.63) is 30.0 Å². The number of nitrogens with one attached hydrogen (secondary N) is 1. The molecule has 0 amide bonds. The number of likely N-dealkylation sites (N-methyl/N-ethyl adjacent to an activating group) is 1. The molecule has 0 aliphatic rings. The fraction of sp³-hybridized carbons (Fsp3) is 0.429. The zero-order chi connectivity index (χ0) is 12.4. The first-order valence-corrected chi connectivity index (χ1v) is 6.14. The first-order valence-electron chi connectivity index (χ1n) is 6.14. The Morgan fingerprint density at radius 1 is 1.41 bits per heavy atom. The highest BCUT2D eigenvalue weighted by Crippen LogP contribution is 2.28. The Labute approximate surface area is 102 Å². The van der Waals surface area contributed by atoms with Crippen LogP contribution in [0.4, 0.5) is 0 Å². The molecular formula is C14H20N2O. The van der Waals surface area contributed by atoms with E-state index in [0.717, 1.165) is 23.9 Å². The normalized spacial score (nSPS) is 13.1. The Bertz CT molecular complexity index is 516. The maximum absolute atomic E-state index is 9.95. The van der Waals surface area contributed by atoms with Gasteiger partial charge in [-0.1, -0.05) is 12.1 Å². The molecule has 0 saturated carbocycles. The molecule has 17 heavy (non-hydrogen) atoms. The van der Waals surface area contributed by atoms with Crippen LogP contribution in [0.15, 0.2) is 24.3 Å². The number of hydrogen-bond donors (Lipinski definition) is 2. The predicted molar refractivity (Wildman–Crippen MR) is 71.5 cm³/mol. The van der Waals surface area contributed by atoms with Crippen molar-refractivity contribution >= 4 is 10.9 Å². The fourth-order valence-corrected chi connectivity index (χ4v) is 2.31. The lowest BCUT2D eigenvalue weighted by atomic mass is 10.2. The third-order valence-corrected chi connectivity index (χ3v) is 3.31. The average molecular weight is 232 g/mol. The van der Waals surface area contributed by atoms with Crippen LogP contribution in [-0.2, 0) is 13.0 Å². The molecule has 0 bridgehead atoms. The monoisotopic (exact) mass is 232 g/mol. The summed E-state index contributed by atoms with van der Waals surface area (Å²) in [6, 6.07) is 8.30. The minimum atomic E-state index is 0.368. The van der Waals surface area contributed by atoms with E-state index in [2.05, 4.69) is 35.9 Å². The molecule has 0 fully saturated rings. The molecule has 3 heteroatoms. The molecule has 0 aliphatic carbocycles.